The zero-order valence-corrected chi connectivity index (χ0v) is 21.8. The third-order valence-corrected chi connectivity index (χ3v) is 7.29. The minimum atomic E-state index is -0.209. The van der Waals surface area contributed by atoms with Gasteiger partial charge in [0.15, 0.2) is 5.65 Å². The van der Waals surface area contributed by atoms with Crippen LogP contribution >= 0.6 is 0 Å². The fraction of sp³-hybridized carbons (Fsp3) is 0.571. The molecule has 0 radical (unpaired) electrons. The van der Waals surface area contributed by atoms with Gasteiger partial charge < -0.3 is 14.4 Å². The first kappa shape index (κ1) is 24.8. The Bertz CT molecular complexity index is 1040. The van der Waals surface area contributed by atoms with Crippen molar-refractivity contribution in [3.63, 3.8) is 0 Å². The summed E-state index contributed by atoms with van der Waals surface area (Å²) in [5, 5.41) is 0. The van der Waals surface area contributed by atoms with Crippen molar-refractivity contribution in [1.29, 1.82) is 0 Å². The third-order valence-electron chi connectivity index (χ3n) is 7.29. The van der Waals surface area contributed by atoms with Crippen molar-refractivity contribution in [2.24, 2.45) is 0 Å². The Morgan fingerprint density at radius 1 is 0.941 bits per heavy atom. The van der Waals surface area contributed by atoms with Gasteiger partial charge in [0, 0.05) is 51.9 Å². The first-order valence-electron chi connectivity index (χ1n) is 12.9. The van der Waals surface area contributed by atoms with Gasteiger partial charge in [-0.1, -0.05) is 31.2 Å². The summed E-state index contributed by atoms with van der Waals surface area (Å²) in [6.45, 7) is 15.1. The minimum Gasteiger partial charge on any atom is -0.308 e. The van der Waals surface area contributed by atoms with E-state index in [1.807, 2.05) is 12.3 Å². The molecular weight excluding hydrogens is 420 g/mol. The Labute approximate surface area is 205 Å². The summed E-state index contributed by atoms with van der Waals surface area (Å²) in [6, 6.07) is 13.2. The first-order valence-corrected chi connectivity index (χ1v) is 12.9. The second-order valence-electron chi connectivity index (χ2n) is 10.4. The highest BCUT2D eigenvalue weighted by Gasteiger charge is 2.28. The van der Waals surface area contributed by atoms with Crippen LogP contribution in [0.2, 0.25) is 0 Å². The average Bonchev–Trinajstić information content (AvgIpc) is 3.23. The summed E-state index contributed by atoms with van der Waals surface area (Å²) in [7, 11) is 4.31. The molecule has 0 atom stereocenters. The van der Waals surface area contributed by atoms with Crippen LogP contribution in [0.3, 0.4) is 0 Å². The summed E-state index contributed by atoms with van der Waals surface area (Å²) in [6.07, 6.45) is 5.11. The van der Waals surface area contributed by atoms with E-state index in [1.54, 1.807) is 0 Å². The van der Waals surface area contributed by atoms with Crippen LogP contribution in [0, 0.1) is 0 Å². The van der Waals surface area contributed by atoms with Gasteiger partial charge in [-0.3, -0.25) is 4.90 Å². The number of likely N-dealkylation sites (N-methyl/N-ethyl adjacent to an activating group) is 1. The summed E-state index contributed by atoms with van der Waals surface area (Å²) in [4.78, 5) is 17.0. The number of benzene rings is 1. The molecule has 2 aromatic heterocycles. The topological polar surface area (TPSA) is 40.4 Å². The second kappa shape index (κ2) is 11.0. The number of hydrogen-bond donors (Lipinski definition) is 0. The van der Waals surface area contributed by atoms with Crippen molar-refractivity contribution < 1.29 is 0 Å². The number of nitrogens with zero attached hydrogens (tertiary/aromatic N) is 6. The molecule has 34 heavy (non-hydrogen) atoms. The molecule has 0 spiro atoms. The molecule has 0 bridgehead atoms. The molecule has 1 saturated heterocycles. The van der Waals surface area contributed by atoms with Crippen LogP contribution in [0.15, 0.2) is 42.6 Å². The van der Waals surface area contributed by atoms with Gasteiger partial charge >= 0.3 is 0 Å². The van der Waals surface area contributed by atoms with Crippen molar-refractivity contribution in [3.8, 4) is 0 Å². The predicted molar refractivity (Wildman–Crippen MR) is 142 cm³/mol. The Hall–Kier alpha value is -2.28. The van der Waals surface area contributed by atoms with E-state index >= 15 is 0 Å². The van der Waals surface area contributed by atoms with Crippen molar-refractivity contribution in [3.05, 3.63) is 59.5 Å². The molecule has 0 aliphatic carbocycles. The van der Waals surface area contributed by atoms with Crippen LogP contribution in [-0.4, -0.2) is 89.1 Å². The molecule has 184 valence electrons. The molecule has 0 amide bonds. The number of piperazine rings is 1. The number of aromatic nitrogens is 3. The predicted octanol–water partition coefficient (Wildman–Crippen LogP) is 3.89. The minimum absolute atomic E-state index is 0.209. The Kier molecular flexibility index (Phi) is 8.02. The number of imidazole rings is 1. The van der Waals surface area contributed by atoms with Gasteiger partial charge in [-0.05, 0) is 70.6 Å². The Morgan fingerprint density at radius 3 is 2.26 bits per heavy atom. The molecule has 1 aromatic carbocycles. The number of hydrogen-bond acceptors (Lipinski definition) is 5. The fourth-order valence-corrected chi connectivity index (χ4v) is 5.08. The standard InChI is InChI=1S/C28H42N6/c1-6-26-30-25-10-7-15-29-27(25)34(26)28(2,3)24-13-11-23(12-14-24)9-8-16-32-19-21-33(22-20-32)18-17-31(4)5/h7,10-15H,6,8-9,16-22H2,1-5H3. The van der Waals surface area contributed by atoms with Gasteiger partial charge in [0.05, 0.1) is 5.54 Å². The van der Waals surface area contributed by atoms with Gasteiger partial charge in [-0.2, -0.15) is 0 Å². The molecular formula is C28H42N6. The van der Waals surface area contributed by atoms with Crippen LogP contribution in [-0.2, 0) is 18.4 Å². The highest BCUT2D eigenvalue weighted by Crippen LogP contribution is 2.31. The monoisotopic (exact) mass is 462 g/mol. The quantitative estimate of drug-likeness (QED) is 0.457. The molecule has 0 saturated carbocycles. The average molecular weight is 463 g/mol. The van der Waals surface area contributed by atoms with Crippen LogP contribution in [0.4, 0.5) is 0 Å². The van der Waals surface area contributed by atoms with Crippen LogP contribution in [0.5, 0.6) is 0 Å². The smallest absolute Gasteiger partial charge is 0.160 e. The maximum Gasteiger partial charge on any atom is 0.160 e. The normalized spacial score (nSPS) is 16.1. The van der Waals surface area contributed by atoms with Crippen LogP contribution in [0.1, 0.15) is 44.1 Å². The molecule has 1 aliphatic heterocycles. The second-order valence-corrected chi connectivity index (χ2v) is 10.4. The lowest BCUT2D eigenvalue weighted by atomic mass is 9.92. The van der Waals surface area contributed by atoms with E-state index in [9.17, 15) is 0 Å². The zero-order valence-electron chi connectivity index (χ0n) is 21.8. The summed E-state index contributed by atoms with van der Waals surface area (Å²) in [5.74, 6) is 1.09. The summed E-state index contributed by atoms with van der Waals surface area (Å²) < 4.78 is 2.32. The van der Waals surface area contributed by atoms with E-state index in [4.69, 9.17) is 4.98 Å². The van der Waals surface area contributed by atoms with Crippen LogP contribution in [0.25, 0.3) is 11.2 Å². The molecule has 1 fully saturated rings. The highest BCUT2D eigenvalue weighted by molar-refractivity contribution is 5.72. The molecule has 1 aliphatic rings. The third kappa shape index (κ3) is 5.68. The van der Waals surface area contributed by atoms with Gasteiger partial charge in [-0.25, -0.2) is 9.97 Å². The molecule has 6 heteroatoms. The Morgan fingerprint density at radius 2 is 1.62 bits per heavy atom. The lowest BCUT2D eigenvalue weighted by Crippen LogP contribution is -2.48. The number of rotatable bonds is 10. The van der Waals surface area contributed by atoms with Crippen molar-refractivity contribution in [2.75, 3.05) is 59.9 Å². The van der Waals surface area contributed by atoms with E-state index in [1.165, 1.54) is 56.8 Å². The van der Waals surface area contributed by atoms with Crippen LogP contribution < -0.4 is 0 Å². The van der Waals surface area contributed by atoms with E-state index in [-0.39, 0.29) is 5.54 Å². The zero-order chi connectivity index (χ0) is 24.1. The van der Waals surface area contributed by atoms with Gasteiger partial charge in [0.25, 0.3) is 0 Å². The molecule has 4 rings (SSSR count). The Balaban J connectivity index is 1.32. The van der Waals surface area contributed by atoms with Crippen molar-refractivity contribution >= 4 is 11.2 Å². The molecule has 3 aromatic rings. The number of fused-ring (bicyclic) bond motifs is 1. The van der Waals surface area contributed by atoms with E-state index in [0.717, 1.165) is 36.4 Å². The fourth-order valence-electron chi connectivity index (χ4n) is 5.08. The number of aryl methyl sites for hydroxylation is 2. The van der Waals surface area contributed by atoms with Gasteiger partial charge in [0.2, 0.25) is 0 Å². The highest BCUT2D eigenvalue weighted by atomic mass is 15.3. The maximum absolute atomic E-state index is 4.84. The number of pyridine rings is 1. The van der Waals surface area contributed by atoms with E-state index in [2.05, 4.69) is 89.4 Å². The van der Waals surface area contributed by atoms with Crippen molar-refractivity contribution in [2.45, 2.75) is 45.6 Å². The molecule has 0 N–H and O–H groups in total. The largest absolute Gasteiger partial charge is 0.308 e. The maximum atomic E-state index is 4.84. The SMILES string of the molecule is CCc1nc2cccnc2n1C(C)(C)c1ccc(CCCN2CCN(CCN(C)C)CC2)cc1. The summed E-state index contributed by atoms with van der Waals surface area (Å²) >= 11 is 0. The van der Waals surface area contributed by atoms with E-state index in [0.29, 0.717) is 0 Å². The summed E-state index contributed by atoms with van der Waals surface area (Å²) in [5.41, 5.74) is 4.45. The van der Waals surface area contributed by atoms with Crippen molar-refractivity contribution in [1.82, 2.24) is 29.2 Å². The van der Waals surface area contributed by atoms with Gasteiger partial charge in [0.1, 0.15) is 11.3 Å². The first-order chi connectivity index (χ1) is 16.4. The molecule has 0 unspecified atom stereocenters. The van der Waals surface area contributed by atoms with E-state index < -0.39 is 0 Å². The lowest BCUT2D eigenvalue weighted by Gasteiger charge is -2.35. The van der Waals surface area contributed by atoms with Gasteiger partial charge in [-0.15, -0.1) is 0 Å². The molecule has 3 heterocycles. The molecule has 6 nitrogen and oxygen atoms in total. The lowest BCUT2D eigenvalue weighted by molar-refractivity contribution is 0.124.